The minimum Gasteiger partial charge on any atom is -0.464 e. The van der Waals surface area contributed by atoms with E-state index in [4.69, 9.17) is 5.11 Å². The van der Waals surface area contributed by atoms with Gasteiger partial charge in [-0.2, -0.15) is 0 Å². The number of aliphatic hydroxyl groups is 1. The van der Waals surface area contributed by atoms with Crippen molar-refractivity contribution < 1.29 is 14.6 Å². The Labute approximate surface area is 100 Å². The summed E-state index contributed by atoms with van der Waals surface area (Å²) in [6.45, 7) is 4.50. The summed E-state index contributed by atoms with van der Waals surface area (Å²) in [6.07, 6.45) is 2.87. The number of anilines is 1. The highest BCUT2D eigenvalue weighted by molar-refractivity contribution is 5.86. The lowest BCUT2D eigenvalue weighted by Gasteiger charge is -2.26. The van der Waals surface area contributed by atoms with Gasteiger partial charge in [0.1, 0.15) is 5.82 Å². The molecule has 1 N–H and O–H groups in total. The van der Waals surface area contributed by atoms with Gasteiger partial charge in [0.2, 0.25) is 0 Å². The Kier molecular flexibility index (Phi) is 4.84. The van der Waals surface area contributed by atoms with E-state index in [0.717, 1.165) is 0 Å². The quantitative estimate of drug-likeness (QED) is 0.753. The molecule has 1 aromatic heterocycles. The molecule has 0 fully saturated rings. The smallest absolute Gasteiger partial charge is 0.358 e. The number of nitrogens with zero attached hydrogens (tertiary/aromatic N) is 3. The molecule has 6 nitrogen and oxygen atoms in total. The number of aliphatic hydroxyl groups excluding tert-OH is 1. The van der Waals surface area contributed by atoms with Gasteiger partial charge in [-0.3, -0.25) is 0 Å². The predicted molar refractivity (Wildman–Crippen MR) is 62.9 cm³/mol. The maximum atomic E-state index is 11.2. The van der Waals surface area contributed by atoms with Crippen LogP contribution in [0.2, 0.25) is 0 Å². The van der Waals surface area contributed by atoms with Gasteiger partial charge in [0.05, 0.1) is 26.1 Å². The number of rotatable bonds is 5. The molecule has 0 amide bonds. The van der Waals surface area contributed by atoms with Gasteiger partial charge in [-0.05, 0) is 13.8 Å². The van der Waals surface area contributed by atoms with Gasteiger partial charge < -0.3 is 14.7 Å². The first kappa shape index (κ1) is 13.4. The first-order chi connectivity index (χ1) is 8.10. The van der Waals surface area contributed by atoms with Gasteiger partial charge in [0.15, 0.2) is 5.69 Å². The van der Waals surface area contributed by atoms with Crippen molar-refractivity contribution in [2.24, 2.45) is 0 Å². The summed E-state index contributed by atoms with van der Waals surface area (Å²) in [6, 6.07) is 0.195. The van der Waals surface area contributed by atoms with E-state index in [9.17, 15) is 4.79 Å². The van der Waals surface area contributed by atoms with Crippen LogP contribution in [-0.4, -0.2) is 47.3 Å². The van der Waals surface area contributed by atoms with Gasteiger partial charge in [0.25, 0.3) is 0 Å². The third kappa shape index (κ3) is 3.39. The lowest BCUT2D eigenvalue weighted by atomic mass is 10.3. The molecule has 1 aromatic rings. The van der Waals surface area contributed by atoms with Crippen LogP contribution in [0, 0.1) is 0 Å². The average molecular weight is 239 g/mol. The molecule has 0 aliphatic heterocycles. The van der Waals surface area contributed by atoms with Gasteiger partial charge in [0, 0.05) is 12.6 Å². The molecule has 0 saturated heterocycles. The molecule has 0 aliphatic rings. The summed E-state index contributed by atoms with van der Waals surface area (Å²) in [5.74, 6) is 0.115. The van der Waals surface area contributed by atoms with Crippen LogP contribution in [0.3, 0.4) is 0 Å². The van der Waals surface area contributed by atoms with Crippen molar-refractivity contribution in [1.29, 1.82) is 0 Å². The molecule has 94 valence electrons. The molecule has 6 heteroatoms. The summed E-state index contributed by atoms with van der Waals surface area (Å²) in [5, 5.41) is 8.96. The summed E-state index contributed by atoms with van der Waals surface area (Å²) in [4.78, 5) is 21.2. The van der Waals surface area contributed by atoms with Crippen molar-refractivity contribution in [3.8, 4) is 0 Å². The minimum atomic E-state index is -0.512. The fourth-order valence-electron chi connectivity index (χ4n) is 1.42. The number of hydrogen-bond donors (Lipinski definition) is 1. The van der Waals surface area contributed by atoms with E-state index in [1.165, 1.54) is 19.5 Å². The number of esters is 1. The Morgan fingerprint density at radius 2 is 2.18 bits per heavy atom. The molecular formula is C11H17N3O3. The third-order valence-electron chi connectivity index (χ3n) is 2.29. The monoisotopic (exact) mass is 239 g/mol. The van der Waals surface area contributed by atoms with Crippen LogP contribution in [0.4, 0.5) is 5.82 Å². The van der Waals surface area contributed by atoms with Gasteiger partial charge in [-0.15, -0.1) is 0 Å². The van der Waals surface area contributed by atoms with Crippen LogP contribution in [0.15, 0.2) is 12.4 Å². The molecule has 0 atom stereocenters. The molecule has 0 unspecified atom stereocenters. The molecule has 0 spiro atoms. The molecule has 0 aliphatic carbocycles. The minimum absolute atomic E-state index is 0.0403. The lowest BCUT2D eigenvalue weighted by molar-refractivity contribution is 0.0593. The van der Waals surface area contributed by atoms with Gasteiger partial charge >= 0.3 is 5.97 Å². The summed E-state index contributed by atoms with van der Waals surface area (Å²) in [5.41, 5.74) is 0.170. The molecule has 1 heterocycles. The average Bonchev–Trinajstić information content (AvgIpc) is 2.35. The van der Waals surface area contributed by atoms with Crippen molar-refractivity contribution in [3.63, 3.8) is 0 Å². The first-order valence-electron chi connectivity index (χ1n) is 5.38. The SMILES string of the molecule is COC(=O)c1cnc(N(CCO)C(C)C)cn1. The largest absolute Gasteiger partial charge is 0.464 e. The second-order valence-electron chi connectivity index (χ2n) is 3.76. The first-order valence-corrected chi connectivity index (χ1v) is 5.38. The summed E-state index contributed by atoms with van der Waals surface area (Å²) in [7, 11) is 1.30. The van der Waals surface area contributed by atoms with Crippen LogP contribution in [0.5, 0.6) is 0 Å². The fraction of sp³-hybridized carbons (Fsp3) is 0.545. The van der Waals surface area contributed by atoms with Crippen LogP contribution >= 0.6 is 0 Å². The number of ether oxygens (including phenoxy) is 1. The Morgan fingerprint density at radius 3 is 2.59 bits per heavy atom. The van der Waals surface area contributed by atoms with Crippen LogP contribution in [-0.2, 0) is 4.74 Å². The van der Waals surface area contributed by atoms with E-state index >= 15 is 0 Å². The van der Waals surface area contributed by atoms with Crippen LogP contribution < -0.4 is 4.90 Å². The molecule has 17 heavy (non-hydrogen) atoms. The Balaban J connectivity index is 2.88. The van der Waals surface area contributed by atoms with Crippen molar-refractivity contribution >= 4 is 11.8 Å². The number of carbonyl (C=O) groups excluding carboxylic acids is 1. The lowest BCUT2D eigenvalue weighted by Crippen LogP contribution is -2.34. The highest BCUT2D eigenvalue weighted by Crippen LogP contribution is 2.12. The zero-order chi connectivity index (χ0) is 12.8. The number of aromatic nitrogens is 2. The van der Waals surface area contributed by atoms with E-state index < -0.39 is 5.97 Å². The third-order valence-corrected chi connectivity index (χ3v) is 2.29. The summed E-state index contributed by atoms with van der Waals surface area (Å²) >= 11 is 0. The second kappa shape index (κ2) is 6.15. The van der Waals surface area contributed by atoms with Crippen LogP contribution in [0.1, 0.15) is 24.3 Å². The number of hydrogen-bond acceptors (Lipinski definition) is 6. The van der Waals surface area contributed by atoms with E-state index in [1.54, 1.807) is 0 Å². The Bertz CT molecular complexity index is 365. The Hall–Kier alpha value is -1.69. The Morgan fingerprint density at radius 1 is 1.47 bits per heavy atom. The molecule has 0 saturated carbocycles. The van der Waals surface area contributed by atoms with Crippen molar-refractivity contribution in [1.82, 2.24) is 9.97 Å². The maximum absolute atomic E-state index is 11.2. The summed E-state index contributed by atoms with van der Waals surface area (Å²) < 4.78 is 4.54. The number of methoxy groups -OCH3 is 1. The highest BCUT2D eigenvalue weighted by atomic mass is 16.5. The van der Waals surface area contributed by atoms with E-state index in [1.807, 2.05) is 18.7 Å². The molecule has 0 radical (unpaired) electrons. The van der Waals surface area contributed by atoms with E-state index in [0.29, 0.717) is 12.4 Å². The van der Waals surface area contributed by atoms with Gasteiger partial charge in [-0.1, -0.05) is 0 Å². The molecule has 0 aromatic carbocycles. The molecular weight excluding hydrogens is 222 g/mol. The molecule has 0 bridgehead atoms. The second-order valence-corrected chi connectivity index (χ2v) is 3.76. The number of carbonyl (C=O) groups is 1. The normalized spacial score (nSPS) is 10.4. The van der Waals surface area contributed by atoms with Gasteiger partial charge in [-0.25, -0.2) is 14.8 Å². The predicted octanol–water partition coefficient (Wildman–Crippen LogP) is 0.470. The molecule has 1 rings (SSSR count). The van der Waals surface area contributed by atoms with Crippen LogP contribution in [0.25, 0.3) is 0 Å². The van der Waals surface area contributed by atoms with Crippen molar-refractivity contribution in [2.45, 2.75) is 19.9 Å². The van der Waals surface area contributed by atoms with Crippen molar-refractivity contribution in [3.05, 3.63) is 18.1 Å². The zero-order valence-corrected chi connectivity index (χ0v) is 10.3. The standard InChI is InChI=1S/C11H17N3O3/c1-8(2)14(4-5-15)10-7-12-9(6-13-10)11(16)17-3/h6-8,15H,4-5H2,1-3H3. The van der Waals surface area contributed by atoms with Crippen molar-refractivity contribution in [2.75, 3.05) is 25.2 Å². The zero-order valence-electron chi connectivity index (χ0n) is 10.3. The maximum Gasteiger partial charge on any atom is 0.358 e. The van der Waals surface area contributed by atoms with E-state index in [-0.39, 0.29) is 18.3 Å². The fourth-order valence-corrected chi connectivity index (χ4v) is 1.42. The van der Waals surface area contributed by atoms with E-state index in [2.05, 4.69) is 14.7 Å². The topological polar surface area (TPSA) is 75.5 Å². The highest BCUT2D eigenvalue weighted by Gasteiger charge is 2.13.